The van der Waals surface area contributed by atoms with E-state index in [4.69, 9.17) is 0 Å². The third kappa shape index (κ3) is 4.27. The van der Waals surface area contributed by atoms with Crippen LogP contribution in [0.25, 0.3) is 0 Å². The highest BCUT2D eigenvalue weighted by Crippen LogP contribution is 2.29. The zero-order chi connectivity index (χ0) is 18.9. The zero-order valence-corrected chi connectivity index (χ0v) is 16.9. The lowest BCUT2D eigenvalue weighted by Gasteiger charge is -2.35. The molecule has 2 fully saturated rings. The molecule has 26 heavy (non-hydrogen) atoms. The van der Waals surface area contributed by atoms with Crippen LogP contribution < -0.4 is 5.32 Å². The summed E-state index contributed by atoms with van der Waals surface area (Å²) in [5, 5.41) is 2.75. The van der Waals surface area contributed by atoms with Crippen molar-refractivity contribution in [1.82, 2.24) is 14.5 Å². The fourth-order valence-electron chi connectivity index (χ4n) is 2.92. The maximum atomic E-state index is 12.7. The van der Waals surface area contributed by atoms with E-state index in [1.54, 1.807) is 36.1 Å². The van der Waals surface area contributed by atoms with Gasteiger partial charge in [0, 0.05) is 36.6 Å². The Labute approximate surface area is 161 Å². The number of hydrogen-bond acceptors (Lipinski definition) is 4. The molecule has 1 aliphatic carbocycles. The van der Waals surface area contributed by atoms with Crippen LogP contribution in [0.15, 0.2) is 33.6 Å². The molecule has 1 saturated carbocycles. The topological polar surface area (TPSA) is 86.8 Å². The minimum Gasteiger partial charge on any atom is -0.344 e. The molecular formula is C17H22BrN3O4S. The van der Waals surface area contributed by atoms with Gasteiger partial charge in [-0.2, -0.15) is 4.31 Å². The average molecular weight is 444 g/mol. The van der Waals surface area contributed by atoms with Crippen LogP contribution in [-0.2, 0) is 19.6 Å². The van der Waals surface area contributed by atoms with Gasteiger partial charge >= 0.3 is 0 Å². The minimum atomic E-state index is -3.57. The second-order valence-electron chi connectivity index (χ2n) is 6.69. The lowest BCUT2D eigenvalue weighted by molar-refractivity contribution is -0.137. The third-order valence-electron chi connectivity index (χ3n) is 4.68. The molecule has 142 valence electrons. The molecule has 0 aromatic heterocycles. The maximum Gasteiger partial charge on any atom is 0.244 e. The Morgan fingerprint density at radius 2 is 1.69 bits per heavy atom. The number of carbonyl (C=O) groups is 2. The van der Waals surface area contributed by atoms with E-state index < -0.39 is 16.1 Å². The summed E-state index contributed by atoms with van der Waals surface area (Å²) in [4.78, 5) is 26.1. The highest BCUT2D eigenvalue weighted by Gasteiger charge is 2.34. The van der Waals surface area contributed by atoms with E-state index in [0.29, 0.717) is 13.1 Å². The molecule has 0 bridgehead atoms. The average Bonchev–Trinajstić information content (AvgIpc) is 3.46. The van der Waals surface area contributed by atoms with Crippen LogP contribution in [0, 0.1) is 5.92 Å². The Morgan fingerprint density at radius 1 is 1.12 bits per heavy atom. The Hall–Kier alpha value is -1.45. The van der Waals surface area contributed by atoms with Gasteiger partial charge in [-0.25, -0.2) is 8.42 Å². The van der Waals surface area contributed by atoms with Crippen molar-refractivity contribution in [2.24, 2.45) is 5.92 Å². The van der Waals surface area contributed by atoms with E-state index in [1.165, 1.54) is 4.31 Å². The van der Waals surface area contributed by atoms with Crippen molar-refractivity contribution in [3.05, 3.63) is 28.7 Å². The molecule has 0 radical (unpaired) electrons. The molecule has 1 atom stereocenters. The summed E-state index contributed by atoms with van der Waals surface area (Å²) >= 11 is 3.29. The quantitative estimate of drug-likeness (QED) is 0.740. The molecule has 7 nitrogen and oxygen atoms in total. The molecular weight excluding hydrogens is 422 g/mol. The Bertz CT molecular complexity index is 785. The van der Waals surface area contributed by atoms with E-state index in [9.17, 15) is 18.0 Å². The van der Waals surface area contributed by atoms with Crippen LogP contribution >= 0.6 is 15.9 Å². The molecule has 2 aliphatic rings. The van der Waals surface area contributed by atoms with E-state index in [0.717, 1.165) is 17.3 Å². The molecule has 1 saturated heterocycles. The van der Waals surface area contributed by atoms with Crippen molar-refractivity contribution in [3.63, 3.8) is 0 Å². The molecule has 1 aromatic carbocycles. The van der Waals surface area contributed by atoms with Gasteiger partial charge in [0.15, 0.2) is 0 Å². The lowest BCUT2D eigenvalue weighted by Crippen LogP contribution is -2.55. The number of benzene rings is 1. The van der Waals surface area contributed by atoms with Crippen LogP contribution in [0.2, 0.25) is 0 Å². The number of piperazine rings is 1. The largest absolute Gasteiger partial charge is 0.344 e. The molecule has 3 rings (SSSR count). The number of sulfonamides is 1. The van der Waals surface area contributed by atoms with Gasteiger partial charge in [-0.1, -0.05) is 15.9 Å². The summed E-state index contributed by atoms with van der Waals surface area (Å²) in [7, 11) is -3.57. The summed E-state index contributed by atoms with van der Waals surface area (Å²) in [6.45, 7) is 2.80. The molecule has 0 spiro atoms. The number of halogens is 1. The molecule has 1 N–H and O–H groups in total. The van der Waals surface area contributed by atoms with Crippen LogP contribution in [0.3, 0.4) is 0 Å². The summed E-state index contributed by atoms with van der Waals surface area (Å²) in [5.41, 5.74) is 0. The van der Waals surface area contributed by atoms with Gasteiger partial charge in [0.1, 0.15) is 6.04 Å². The lowest BCUT2D eigenvalue weighted by atomic mass is 10.2. The first kappa shape index (κ1) is 19.3. The summed E-state index contributed by atoms with van der Waals surface area (Å²) in [5.74, 6) is -0.180. The van der Waals surface area contributed by atoms with Gasteiger partial charge in [-0.15, -0.1) is 0 Å². The van der Waals surface area contributed by atoms with Crippen molar-refractivity contribution in [2.75, 3.05) is 26.2 Å². The molecule has 1 aliphatic heterocycles. The Balaban J connectivity index is 1.57. The van der Waals surface area contributed by atoms with Crippen molar-refractivity contribution in [3.8, 4) is 0 Å². The van der Waals surface area contributed by atoms with Crippen molar-refractivity contribution < 1.29 is 18.0 Å². The SMILES string of the molecule is C[C@H](NC(=O)C1CC1)C(=O)N1CCN(S(=O)(=O)c2ccc(Br)cc2)CC1. The third-order valence-corrected chi connectivity index (χ3v) is 7.12. The van der Waals surface area contributed by atoms with Gasteiger partial charge < -0.3 is 10.2 Å². The Kier molecular flexibility index (Phi) is 5.69. The minimum absolute atomic E-state index is 0.0538. The smallest absolute Gasteiger partial charge is 0.244 e. The second-order valence-corrected chi connectivity index (χ2v) is 9.54. The molecule has 2 amide bonds. The first-order chi connectivity index (χ1) is 12.3. The van der Waals surface area contributed by atoms with E-state index >= 15 is 0 Å². The standard InChI is InChI=1S/C17H22BrN3O4S/c1-12(19-16(22)13-2-3-13)17(23)20-8-10-21(11-9-20)26(24,25)15-6-4-14(18)5-7-15/h4-7,12-13H,2-3,8-11H2,1H3,(H,19,22)/t12-/m0/s1. The maximum absolute atomic E-state index is 12.7. The first-order valence-electron chi connectivity index (χ1n) is 8.64. The molecule has 9 heteroatoms. The van der Waals surface area contributed by atoms with Crippen LogP contribution in [-0.4, -0.2) is 61.7 Å². The number of rotatable bonds is 5. The van der Waals surface area contributed by atoms with Gasteiger partial charge in [0.25, 0.3) is 0 Å². The van der Waals surface area contributed by atoms with Crippen molar-refractivity contribution >= 4 is 37.8 Å². The normalized spacial score (nSPS) is 19.8. The second kappa shape index (κ2) is 7.66. The van der Waals surface area contributed by atoms with Crippen LogP contribution in [0.4, 0.5) is 0 Å². The summed E-state index contributed by atoms with van der Waals surface area (Å²) < 4.78 is 27.6. The Morgan fingerprint density at radius 3 is 2.23 bits per heavy atom. The number of carbonyl (C=O) groups excluding carboxylic acids is 2. The zero-order valence-electron chi connectivity index (χ0n) is 14.5. The van der Waals surface area contributed by atoms with Crippen LogP contribution in [0.5, 0.6) is 0 Å². The number of nitrogens with zero attached hydrogens (tertiary/aromatic N) is 2. The van der Waals surface area contributed by atoms with Gasteiger partial charge in [-0.3, -0.25) is 9.59 Å². The monoisotopic (exact) mass is 443 g/mol. The molecule has 0 unspecified atom stereocenters. The van der Waals surface area contributed by atoms with Crippen molar-refractivity contribution in [2.45, 2.75) is 30.7 Å². The highest BCUT2D eigenvalue weighted by molar-refractivity contribution is 9.10. The van der Waals surface area contributed by atoms with Gasteiger partial charge in [-0.05, 0) is 44.0 Å². The van der Waals surface area contributed by atoms with E-state index in [-0.39, 0.29) is 35.7 Å². The van der Waals surface area contributed by atoms with Gasteiger partial charge in [0.05, 0.1) is 4.90 Å². The predicted octanol–water partition coefficient (Wildman–Crippen LogP) is 1.20. The summed E-state index contributed by atoms with van der Waals surface area (Å²) in [6, 6.07) is 5.92. The predicted molar refractivity (Wildman–Crippen MR) is 99.8 cm³/mol. The fraction of sp³-hybridized carbons (Fsp3) is 0.529. The summed E-state index contributed by atoms with van der Waals surface area (Å²) in [6.07, 6.45) is 1.78. The van der Waals surface area contributed by atoms with Crippen molar-refractivity contribution in [1.29, 1.82) is 0 Å². The number of nitrogens with one attached hydrogen (secondary N) is 1. The molecule has 1 heterocycles. The molecule has 1 aromatic rings. The van der Waals surface area contributed by atoms with Crippen LogP contribution in [0.1, 0.15) is 19.8 Å². The fourth-order valence-corrected chi connectivity index (χ4v) is 4.60. The number of hydrogen-bond donors (Lipinski definition) is 1. The van der Waals surface area contributed by atoms with Gasteiger partial charge in [0.2, 0.25) is 21.8 Å². The number of amides is 2. The van der Waals surface area contributed by atoms with E-state index in [1.807, 2.05) is 0 Å². The highest BCUT2D eigenvalue weighted by atomic mass is 79.9. The van der Waals surface area contributed by atoms with E-state index in [2.05, 4.69) is 21.2 Å². The first-order valence-corrected chi connectivity index (χ1v) is 10.9.